The lowest BCUT2D eigenvalue weighted by Gasteiger charge is -2.26. The van der Waals surface area contributed by atoms with E-state index in [1.807, 2.05) is 43.3 Å². The fraction of sp³-hybridized carbons (Fsp3) is 0.250. The first-order chi connectivity index (χ1) is 12.6. The smallest absolute Gasteiger partial charge is 0.247 e. The number of aryl methyl sites for hydroxylation is 1. The molecule has 1 fully saturated rings. The summed E-state index contributed by atoms with van der Waals surface area (Å²) in [7, 11) is 0. The molecule has 132 valence electrons. The second-order valence-corrected chi connectivity index (χ2v) is 6.95. The Balaban J connectivity index is 1.64. The predicted molar refractivity (Wildman–Crippen MR) is 105 cm³/mol. The van der Waals surface area contributed by atoms with E-state index >= 15 is 0 Å². The first kappa shape index (κ1) is 16.8. The maximum absolute atomic E-state index is 13.0. The molecule has 5 nitrogen and oxygen atoms in total. The van der Waals surface area contributed by atoms with Crippen molar-refractivity contribution in [1.82, 2.24) is 9.97 Å². The number of aromatic nitrogens is 2. The van der Waals surface area contributed by atoms with Crippen molar-refractivity contribution in [2.75, 3.05) is 16.8 Å². The van der Waals surface area contributed by atoms with Crippen LogP contribution in [0.1, 0.15) is 18.4 Å². The van der Waals surface area contributed by atoms with Gasteiger partial charge in [-0.3, -0.25) is 4.79 Å². The molecule has 1 amide bonds. The molecule has 0 bridgehead atoms. The van der Waals surface area contributed by atoms with E-state index in [1.54, 1.807) is 12.4 Å². The van der Waals surface area contributed by atoms with Crippen molar-refractivity contribution in [3.05, 3.63) is 59.4 Å². The molecule has 4 rings (SSSR count). The highest BCUT2D eigenvalue weighted by atomic mass is 35.5. The number of amides is 1. The zero-order chi connectivity index (χ0) is 18.1. The van der Waals surface area contributed by atoms with Gasteiger partial charge in [-0.2, -0.15) is 0 Å². The van der Waals surface area contributed by atoms with Gasteiger partial charge in [0.2, 0.25) is 5.91 Å². The first-order valence-corrected chi connectivity index (χ1v) is 9.05. The molecule has 1 N–H and O–H groups in total. The lowest BCUT2D eigenvalue weighted by molar-refractivity contribution is -0.117. The van der Waals surface area contributed by atoms with Crippen LogP contribution in [0.3, 0.4) is 0 Å². The summed E-state index contributed by atoms with van der Waals surface area (Å²) >= 11 is 6.07. The van der Waals surface area contributed by atoms with E-state index in [4.69, 9.17) is 11.6 Å². The lowest BCUT2D eigenvalue weighted by atomic mass is 10.1. The Hall–Kier alpha value is -2.66. The maximum Gasteiger partial charge on any atom is 0.247 e. The van der Waals surface area contributed by atoms with Gasteiger partial charge < -0.3 is 10.2 Å². The summed E-state index contributed by atoms with van der Waals surface area (Å²) in [5, 5.41) is 4.61. The average molecular weight is 367 g/mol. The summed E-state index contributed by atoms with van der Waals surface area (Å²) < 4.78 is 0. The van der Waals surface area contributed by atoms with E-state index in [1.165, 1.54) is 0 Å². The summed E-state index contributed by atoms with van der Waals surface area (Å²) in [6.07, 6.45) is 3.31. The standard InChI is InChI=1S/C20H19ClN4O/c1-13-8-9-14(21)11-17(13)24-20(26)18-7-4-10-25(18)19-15-5-2-3-6-16(15)22-12-23-19/h2-3,5-6,8-9,11-12,18H,4,7,10H2,1H3,(H,24,26). The number of carbonyl (C=O) groups is 1. The Morgan fingerprint density at radius 2 is 2.08 bits per heavy atom. The summed E-state index contributed by atoms with van der Waals surface area (Å²) in [4.78, 5) is 23.8. The molecule has 0 spiro atoms. The minimum atomic E-state index is -0.258. The molecule has 0 saturated carbocycles. The van der Waals surface area contributed by atoms with Crippen LogP contribution < -0.4 is 10.2 Å². The van der Waals surface area contributed by atoms with Crippen LogP contribution in [-0.4, -0.2) is 28.5 Å². The van der Waals surface area contributed by atoms with Gasteiger partial charge in [0.1, 0.15) is 18.2 Å². The van der Waals surface area contributed by atoms with Gasteiger partial charge in [-0.25, -0.2) is 9.97 Å². The van der Waals surface area contributed by atoms with Crippen LogP contribution in [0.25, 0.3) is 10.9 Å². The fourth-order valence-corrected chi connectivity index (χ4v) is 3.63. The first-order valence-electron chi connectivity index (χ1n) is 8.67. The van der Waals surface area contributed by atoms with Crippen LogP contribution in [0, 0.1) is 6.92 Å². The Labute approximate surface area is 157 Å². The molecular formula is C20H19ClN4O. The molecule has 1 aliphatic heterocycles. The van der Waals surface area contributed by atoms with Crippen LogP contribution in [-0.2, 0) is 4.79 Å². The van der Waals surface area contributed by atoms with Gasteiger partial charge in [-0.15, -0.1) is 0 Å². The number of hydrogen-bond acceptors (Lipinski definition) is 4. The summed E-state index contributed by atoms with van der Waals surface area (Å²) in [5.74, 6) is 0.784. The molecule has 3 aromatic rings. The van der Waals surface area contributed by atoms with Crippen molar-refractivity contribution in [3.8, 4) is 0 Å². The lowest BCUT2D eigenvalue weighted by Crippen LogP contribution is -2.40. The van der Waals surface area contributed by atoms with Crippen LogP contribution in [0.15, 0.2) is 48.8 Å². The van der Waals surface area contributed by atoms with Gasteiger partial charge >= 0.3 is 0 Å². The number of nitrogens with one attached hydrogen (secondary N) is 1. The van der Waals surface area contributed by atoms with E-state index in [-0.39, 0.29) is 11.9 Å². The second-order valence-electron chi connectivity index (χ2n) is 6.51. The van der Waals surface area contributed by atoms with Crippen molar-refractivity contribution in [2.24, 2.45) is 0 Å². The number of anilines is 2. The summed E-state index contributed by atoms with van der Waals surface area (Å²) in [5.41, 5.74) is 2.62. The minimum Gasteiger partial charge on any atom is -0.344 e. The average Bonchev–Trinajstić information content (AvgIpc) is 3.14. The minimum absolute atomic E-state index is 0.0319. The molecule has 1 atom stereocenters. The number of fused-ring (bicyclic) bond motifs is 1. The third-order valence-electron chi connectivity index (χ3n) is 4.81. The van der Waals surface area contributed by atoms with E-state index in [0.29, 0.717) is 5.02 Å². The number of hydrogen-bond donors (Lipinski definition) is 1. The number of rotatable bonds is 3. The van der Waals surface area contributed by atoms with Crippen LogP contribution in [0.5, 0.6) is 0 Å². The third kappa shape index (κ3) is 3.10. The van der Waals surface area contributed by atoms with Crippen molar-refractivity contribution < 1.29 is 4.79 Å². The Bertz CT molecular complexity index is 970. The molecular weight excluding hydrogens is 348 g/mol. The van der Waals surface area contributed by atoms with Crippen molar-refractivity contribution in [2.45, 2.75) is 25.8 Å². The number of para-hydroxylation sites is 1. The van der Waals surface area contributed by atoms with Gasteiger partial charge in [0.05, 0.1) is 5.52 Å². The van der Waals surface area contributed by atoms with Gasteiger partial charge in [-0.05, 0) is 49.6 Å². The monoisotopic (exact) mass is 366 g/mol. The van der Waals surface area contributed by atoms with E-state index < -0.39 is 0 Å². The molecule has 26 heavy (non-hydrogen) atoms. The number of carbonyl (C=O) groups excluding carboxylic acids is 1. The second kappa shape index (κ2) is 6.92. The Morgan fingerprint density at radius 3 is 2.96 bits per heavy atom. The SMILES string of the molecule is Cc1ccc(Cl)cc1NC(=O)C1CCCN1c1ncnc2ccccc12. The molecule has 6 heteroatoms. The third-order valence-corrected chi connectivity index (χ3v) is 5.04. The molecule has 1 saturated heterocycles. The van der Waals surface area contributed by atoms with Crippen LogP contribution >= 0.6 is 11.6 Å². The zero-order valence-electron chi connectivity index (χ0n) is 14.4. The Morgan fingerprint density at radius 1 is 1.23 bits per heavy atom. The van der Waals surface area contributed by atoms with E-state index in [0.717, 1.165) is 47.4 Å². The van der Waals surface area contributed by atoms with Crippen molar-refractivity contribution in [1.29, 1.82) is 0 Å². The number of halogens is 1. The van der Waals surface area contributed by atoms with Gasteiger partial charge in [0, 0.05) is 22.6 Å². The highest BCUT2D eigenvalue weighted by Gasteiger charge is 2.32. The van der Waals surface area contributed by atoms with Crippen molar-refractivity contribution >= 4 is 39.9 Å². The molecule has 1 unspecified atom stereocenters. The zero-order valence-corrected chi connectivity index (χ0v) is 15.2. The highest BCUT2D eigenvalue weighted by Crippen LogP contribution is 2.30. The predicted octanol–water partition coefficient (Wildman–Crippen LogP) is 4.20. The molecule has 2 heterocycles. The van der Waals surface area contributed by atoms with Gasteiger partial charge in [0.15, 0.2) is 0 Å². The van der Waals surface area contributed by atoms with Crippen LogP contribution in [0.2, 0.25) is 5.02 Å². The van der Waals surface area contributed by atoms with Crippen LogP contribution in [0.4, 0.5) is 11.5 Å². The summed E-state index contributed by atoms with van der Waals surface area (Å²) in [6, 6.07) is 13.1. The molecule has 1 aliphatic rings. The Kier molecular flexibility index (Phi) is 4.47. The topological polar surface area (TPSA) is 58.1 Å². The number of nitrogens with zero attached hydrogens (tertiary/aromatic N) is 3. The molecule has 2 aromatic carbocycles. The molecule has 0 aliphatic carbocycles. The molecule has 1 aromatic heterocycles. The number of benzene rings is 2. The van der Waals surface area contributed by atoms with E-state index in [9.17, 15) is 4.79 Å². The highest BCUT2D eigenvalue weighted by molar-refractivity contribution is 6.31. The quantitative estimate of drug-likeness (QED) is 0.754. The van der Waals surface area contributed by atoms with Gasteiger partial charge in [0.25, 0.3) is 0 Å². The van der Waals surface area contributed by atoms with Crippen molar-refractivity contribution in [3.63, 3.8) is 0 Å². The summed E-state index contributed by atoms with van der Waals surface area (Å²) in [6.45, 7) is 2.75. The van der Waals surface area contributed by atoms with E-state index in [2.05, 4.69) is 20.2 Å². The largest absolute Gasteiger partial charge is 0.344 e. The normalized spacial score (nSPS) is 16.8. The van der Waals surface area contributed by atoms with Gasteiger partial charge in [-0.1, -0.05) is 29.8 Å². The maximum atomic E-state index is 13.0. The molecule has 0 radical (unpaired) electrons. The fourth-order valence-electron chi connectivity index (χ4n) is 3.46.